The summed E-state index contributed by atoms with van der Waals surface area (Å²) in [5, 5.41) is 3.13. The molecular formula is C13H19N3O3. The van der Waals surface area contributed by atoms with E-state index >= 15 is 0 Å². The normalized spacial score (nSPS) is 15.3. The minimum atomic E-state index is 0.115. The lowest BCUT2D eigenvalue weighted by Gasteiger charge is -2.26. The second kappa shape index (κ2) is 7.06. The summed E-state index contributed by atoms with van der Waals surface area (Å²) in [4.78, 5) is 17.7. The highest BCUT2D eigenvalue weighted by atomic mass is 16.5. The van der Waals surface area contributed by atoms with Crippen molar-refractivity contribution in [1.82, 2.24) is 15.2 Å². The van der Waals surface area contributed by atoms with Crippen LogP contribution in [0.4, 0.5) is 0 Å². The van der Waals surface area contributed by atoms with E-state index in [4.69, 9.17) is 9.47 Å². The summed E-state index contributed by atoms with van der Waals surface area (Å²) in [5.41, 5.74) is 1.04. The van der Waals surface area contributed by atoms with Crippen LogP contribution in [0, 0.1) is 0 Å². The fourth-order valence-electron chi connectivity index (χ4n) is 1.91. The number of hydrogen-bond acceptors (Lipinski definition) is 5. The molecule has 1 aliphatic rings. The van der Waals surface area contributed by atoms with E-state index in [0.29, 0.717) is 45.3 Å². The number of rotatable bonds is 5. The highest BCUT2D eigenvalue weighted by molar-refractivity contribution is 5.78. The molecule has 2 rings (SSSR count). The molecule has 19 heavy (non-hydrogen) atoms. The van der Waals surface area contributed by atoms with Gasteiger partial charge in [0, 0.05) is 31.9 Å². The summed E-state index contributed by atoms with van der Waals surface area (Å²) in [5.74, 6) is 0.697. The van der Waals surface area contributed by atoms with Gasteiger partial charge in [-0.15, -0.1) is 0 Å². The van der Waals surface area contributed by atoms with Crippen LogP contribution in [0.5, 0.6) is 5.88 Å². The third kappa shape index (κ3) is 4.18. The van der Waals surface area contributed by atoms with Crippen LogP contribution < -0.4 is 10.1 Å². The molecule has 1 aromatic heterocycles. The first-order chi connectivity index (χ1) is 9.29. The molecule has 0 bridgehead atoms. The maximum atomic E-state index is 11.9. The van der Waals surface area contributed by atoms with Gasteiger partial charge in [-0.05, 0) is 11.6 Å². The lowest BCUT2D eigenvalue weighted by molar-refractivity contribution is -0.134. The van der Waals surface area contributed by atoms with E-state index in [0.717, 1.165) is 5.56 Å². The van der Waals surface area contributed by atoms with Gasteiger partial charge in [0.25, 0.3) is 0 Å². The Hall–Kier alpha value is -1.66. The Morgan fingerprint density at radius 2 is 2.32 bits per heavy atom. The van der Waals surface area contributed by atoms with Crippen molar-refractivity contribution in [3.63, 3.8) is 0 Å². The molecule has 6 heteroatoms. The van der Waals surface area contributed by atoms with E-state index in [1.54, 1.807) is 13.3 Å². The summed E-state index contributed by atoms with van der Waals surface area (Å²) in [6.45, 7) is 3.59. The maximum absolute atomic E-state index is 11.9. The number of methoxy groups -OCH3 is 1. The Morgan fingerprint density at radius 3 is 3.05 bits per heavy atom. The van der Waals surface area contributed by atoms with Crippen LogP contribution in [-0.4, -0.2) is 55.7 Å². The zero-order valence-corrected chi connectivity index (χ0v) is 11.1. The molecule has 2 heterocycles. The number of carbonyl (C=O) groups is 1. The molecule has 0 atom stereocenters. The summed E-state index contributed by atoms with van der Waals surface area (Å²) >= 11 is 0. The van der Waals surface area contributed by atoms with E-state index in [9.17, 15) is 4.79 Å². The first kappa shape index (κ1) is 13.8. The smallest absolute Gasteiger partial charge is 0.236 e. The second-order valence-corrected chi connectivity index (χ2v) is 4.30. The summed E-state index contributed by atoms with van der Waals surface area (Å²) in [6.07, 6.45) is 1.69. The minimum Gasteiger partial charge on any atom is -0.481 e. The van der Waals surface area contributed by atoms with Crippen LogP contribution in [0.3, 0.4) is 0 Å². The van der Waals surface area contributed by atoms with Gasteiger partial charge in [-0.2, -0.15) is 0 Å². The molecule has 0 aliphatic carbocycles. The van der Waals surface area contributed by atoms with Crippen LogP contribution in [0.1, 0.15) is 5.56 Å². The van der Waals surface area contributed by atoms with Gasteiger partial charge in [-0.3, -0.25) is 4.79 Å². The van der Waals surface area contributed by atoms with E-state index in [2.05, 4.69) is 10.3 Å². The van der Waals surface area contributed by atoms with E-state index in [-0.39, 0.29) is 5.91 Å². The number of hydrogen-bond donors (Lipinski definition) is 1. The average molecular weight is 265 g/mol. The summed E-state index contributed by atoms with van der Waals surface area (Å²) in [7, 11) is 1.58. The van der Waals surface area contributed by atoms with Crippen LogP contribution >= 0.6 is 0 Å². The monoisotopic (exact) mass is 265 g/mol. The molecule has 0 spiro atoms. The Labute approximate surface area is 112 Å². The van der Waals surface area contributed by atoms with Gasteiger partial charge < -0.3 is 19.7 Å². The van der Waals surface area contributed by atoms with Crippen molar-refractivity contribution < 1.29 is 14.3 Å². The van der Waals surface area contributed by atoms with Crippen LogP contribution in [0.15, 0.2) is 18.3 Å². The molecule has 1 aliphatic heterocycles. The second-order valence-electron chi connectivity index (χ2n) is 4.30. The Balaban J connectivity index is 1.74. The van der Waals surface area contributed by atoms with Gasteiger partial charge in [-0.1, -0.05) is 0 Å². The van der Waals surface area contributed by atoms with Crippen LogP contribution in [0.25, 0.3) is 0 Å². The van der Waals surface area contributed by atoms with Gasteiger partial charge in [0.2, 0.25) is 11.8 Å². The number of carbonyl (C=O) groups excluding carboxylic acids is 1. The van der Waals surface area contributed by atoms with Crippen molar-refractivity contribution in [2.75, 3.05) is 40.0 Å². The molecule has 104 valence electrons. The van der Waals surface area contributed by atoms with Crippen LogP contribution in [0.2, 0.25) is 0 Å². The molecule has 1 saturated heterocycles. The fraction of sp³-hybridized carbons (Fsp3) is 0.538. The molecule has 0 aromatic carbocycles. The van der Waals surface area contributed by atoms with Crippen molar-refractivity contribution >= 4 is 5.91 Å². The van der Waals surface area contributed by atoms with Crippen molar-refractivity contribution in [2.24, 2.45) is 0 Å². The minimum absolute atomic E-state index is 0.115. The number of morpholine rings is 1. The number of aromatic nitrogens is 1. The quantitative estimate of drug-likeness (QED) is 0.814. The lowest BCUT2D eigenvalue weighted by atomic mass is 10.2. The average Bonchev–Trinajstić information content (AvgIpc) is 2.48. The van der Waals surface area contributed by atoms with Gasteiger partial charge in [0.15, 0.2) is 0 Å². The number of nitrogens with one attached hydrogen (secondary N) is 1. The van der Waals surface area contributed by atoms with Crippen molar-refractivity contribution in [3.8, 4) is 5.88 Å². The molecule has 1 aromatic rings. The van der Waals surface area contributed by atoms with Crippen LogP contribution in [-0.2, 0) is 16.1 Å². The fourth-order valence-corrected chi connectivity index (χ4v) is 1.91. The van der Waals surface area contributed by atoms with E-state index in [1.165, 1.54) is 0 Å². The molecule has 0 radical (unpaired) electrons. The number of ether oxygens (including phenoxy) is 2. The van der Waals surface area contributed by atoms with E-state index < -0.39 is 0 Å². The Morgan fingerprint density at radius 1 is 1.53 bits per heavy atom. The number of nitrogens with zero attached hydrogens (tertiary/aromatic N) is 2. The van der Waals surface area contributed by atoms with Crippen molar-refractivity contribution in [3.05, 3.63) is 23.9 Å². The number of pyridine rings is 1. The standard InChI is InChI=1S/C13H19N3O3/c1-18-12-8-11(2-3-15-12)9-14-10-13(17)16-4-6-19-7-5-16/h2-3,8,14H,4-7,9-10H2,1H3. The summed E-state index contributed by atoms with van der Waals surface area (Å²) < 4.78 is 10.3. The van der Waals surface area contributed by atoms with Gasteiger partial charge in [-0.25, -0.2) is 4.98 Å². The predicted molar refractivity (Wildman–Crippen MR) is 69.9 cm³/mol. The Kier molecular flexibility index (Phi) is 5.11. The predicted octanol–water partition coefficient (Wildman–Crippen LogP) is 0.0386. The number of amides is 1. The van der Waals surface area contributed by atoms with E-state index in [1.807, 2.05) is 17.0 Å². The molecule has 6 nitrogen and oxygen atoms in total. The van der Waals surface area contributed by atoms with Gasteiger partial charge in [0.1, 0.15) is 0 Å². The highest BCUT2D eigenvalue weighted by Crippen LogP contribution is 2.07. The maximum Gasteiger partial charge on any atom is 0.236 e. The highest BCUT2D eigenvalue weighted by Gasteiger charge is 2.15. The third-order valence-corrected chi connectivity index (χ3v) is 2.98. The molecule has 1 N–H and O–H groups in total. The zero-order chi connectivity index (χ0) is 13.5. The van der Waals surface area contributed by atoms with Crippen molar-refractivity contribution in [1.29, 1.82) is 0 Å². The first-order valence-electron chi connectivity index (χ1n) is 6.35. The SMILES string of the molecule is COc1cc(CNCC(=O)N2CCOCC2)ccn1. The first-order valence-corrected chi connectivity index (χ1v) is 6.35. The summed E-state index contributed by atoms with van der Waals surface area (Å²) in [6, 6.07) is 3.75. The van der Waals surface area contributed by atoms with Gasteiger partial charge >= 0.3 is 0 Å². The van der Waals surface area contributed by atoms with Crippen molar-refractivity contribution in [2.45, 2.75) is 6.54 Å². The third-order valence-electron chi connectivity index (χ3n) is 2.98. The largest absolute Gasteiger partial charge is 0.481 e. The molecule has 0 saturated carbocycles. The molecular weight excluding hydrogens is 246 g/mol. The van der Waals surface area contributed by atoms with Gasteiger partial charge in [0.05, 0.1) is 26.9 Å². The topological polar surface area (TPSA) is 63.7 Å². The zero-order valence-electron chi connectivity index (χ0n) is 11.1. The molecule has 0 unspecified atom stereocenters. The lowest BCUT2D eigenvalue weighted by Crippen LogP contribution is -2.44. The molecule has 1 fully saturated rings. The molecule has 1 amide bonds. The Bertz CT molecular complexity index is 419.